The average Bonchev–Trinajstić information content (AvgIpc) is 2.18. The first-order valence-electron chi connectivity index (χ1n) is 5.40. The third-order valence-corrected chi connectivity index (χ3v) is 2.35. The zero-order chi connectivity index (χ0) is 13.9. The fourth-order valence-electron chi connectivity index (χ4n) is 1.60. The van der Waals surface area contributed by atoms with Gasteiger partial charge in [0.25, 0.3) is 5.91 Å². The maximum Gasteiger partial charge on any atom is 0.253 e. The minimum absolute atomic E-state index is 0.0114. The molecular weight excluding hydrogens is 234 g/mol. The number of amides is 2. The van der Waals surface area contributed by atoms with E-state index in [1.807, 2.05) is 0 Å². The van der Waals surface area contributed by atoms with Crippen LogP contribution in [0.1, 0.15) is 30.6 Å². The molecule has 0 radical (unpaired) electrons. The Hall–Kier alpha value is -2.24. The van der Waals surface area contributed by atoms with E-state index in [9.17, 15) is 14.7 Å². The van der Waals surface area contributed by atoms with E-state index in [1.54, 1.807) is 13.8 Å². The largest absolute Gasteiger partial charge is 0.508 e. The molecule has 1 aromatic carbocycles. The summed E-state index contributed by atoms with van der Waals surface area (Å²) in [6, 6.07) is 4.09. The quantitative estimate of drug-likeness (QED) is 0.456. The molecule has 0 unspecified atom stereocenters. The normalized spacial score (nSPS) is 11.0. The first-order valence-corrected chi connectivity index (χ1v) is 5.40. The number of phenolic OH excluding ortho intramolecular Hbond substituents is 1. The number of carbonyl (C=O) groups is 2. The Morgan fingerprint density at radius 1 is 1.39 bits per heavy atom. The van der Waals surface area contributed by atoms with Crippen molar-refractivity contribution in [1.29, 1.82) is 0 Å². The van der Waals surface area contributed by atoms with E-state index < -0.39 is 17.4 Å². The molecule has 1 aromatic rings. The van der Waals surface area contributed by atoms with Crippen molar-refractivity contribution in [3.8, 4) is 5.75 Å². The molecule has 0 atom stereocenters. The molecule has 6 nitrogen and oxygen atoms in total. The molecule has 98 valence electrons. The summed E-state index contributed by atoms with van der Waals surface area (Å²) in [5.74, 6) is -1.03. The highest BCUT2D eigenvalue weighted by molar-refractivity contribution is 6.00. The number of nitrogens with one attached hydrogen (secondary N) is 1. The van der Waals surface area contributed by atoms with E-state index in [4.69, 9.17) is 11.5 Å². The highest BCUT2D eigenvalue weighted by Gasteiger charge is 2.24. The lowest BCUT2D eigenvalue weighted by Gasteiger charge is -2.25. The monoisotopic (exact) mass is 251 g/mol. The van der Waals surface area contributed by atoms with E-state index in [2.05, 4.69) is 5.32 Å². The van der Waals surface area contributed by atoms with Gasteiger partial charge in [-0.2, -0.15) is 0 Å². The van der Waals surface area contributed by atoms with Crippen LogP contribution < -0.4 is 16.8 Å². The van der Waals surface area contributed by atoms with Crippen LogP contribution in [0.4, 0.5) is 5.69 Å². The van der Waals surface area contributed by atoms with Crippen molar-refractivity contribution in [3.05, 3.63) is 23.8 Å². The first-order chi connectivity index (χ1) is 8.21. The molecule has 1 rings (SSSR count). The Kier molecular flexibility index (Phi) is 3.80. The Morgan fingerprint density at radius 2 is 2.00 bits per heavy atom. The minimum Gasteiger partial charge on any atom is -0.508 e. The van der Waals surface area contributed by atoms with Crippen molar-refractivity contribution in [2.45, 2.75) is 25.8 Å². The number of benzene rings is 1. The van der Waals surface area contributed by atoms with E-state index in [-0.39, 0.29) is 23.4 Å². The number of primary amides is 1. The maximum absolute atomic E-state index is 12.0. The number of phenols is 1. The third kappa shape index (κ3) is 3.65. The topological polar surface area (TPSA) is 118 Å². The summed E-state index contributed by atoms with van der Waals surface area (Å²) < 4.78 is 0. The van der Waals surface area contributed by atoms with Crippen LogP contribution in [0.2, 0.25) is 0 Å². The SMILES string of the molecule is CC(C)(CC(N)=O)NC(=O)c1cc(O)ccc1N. The maximum atomic E-state index is 12.0. The van der Waals surface area contributed by atoms with Gasteiger partial charge in [-0.3, -0.25) is 9.59 Å². The number of nitrogen functional groups attached to an aromatic ring is 1. The Labute approximate surface area is 105 Å². The van der Waals surface area contributed by atoms with Gasteiger partial charge in [0, 0.05) is 17.6 Å². The van der Waals surface area contributed by atoms with Crippen LogP contribution in [0.5, 0.6) is 5.75 Å². The molecule has 2 amide bonds. The van der Waals surface area contributed by atoms with Crippen LogP contribution >= 0.6 is 0 Å². The second-order valence-electron chi connectivity index (χ2n) is 4.75. The van der Waals surface area contributed by atoms with Gasteiger partial charge in [-0.05, 0) is 32.0 Å². The summed E-state index contributed by atoms with van der Waals surface area (Å²) in [6.07, 6.45) is 0.0114. The number of nitrogens with two attached hydrogens (primary N) is 2. The van der Waals surface area contributed by atoms with Crippen molar-refractivity contribution in [3.63, 3.8) is 0 Å². The number of hydrogen-bond acceptors (Lipinski definition) is 4. The number of aromatic hydroxyl groups is 1. The van der Waals surface area contributed by atoms with E-state index in [1.165, 1.54) is 18.2 Å². The zero-order valence-corrected chi connectivity index (χ0v) is 10.4. The van der Waals surface area contributed by atoms with Gasteiger partial charge in [-0.15, -0.1) is 0 Å². The minimum atomic E-state index is -0.777. The van der Waals surface area contributed by atoms with Crippen molar-refractivity contribution in [2.24, 2.45) is 5.73 Å². The van der Waals surface area contributed by atoms with Crippen molar-refractivity contribution in [1.82, 2.24) is 5.32 Å². The lowest BCUT2D eigenvalue weighted by Crippen LogP contribution is -2.46. The van der Waals surface area contributed by atoms with Gasteiger partial charge in [0.2, 0.25) is 5.91 Å². The summed E-state index contributed by atoms with van der Waals surface area (Å²) >= 11 is 0. The number of anilines is 1. The predicted molar refractivity (Wildman–Crippen MR) is 67.9 cm³/mol. The average molecular weight is 251 g/mol. The van der Waals surface area contributed by atoms with E-state index >= 15 is 0 Å². The van der Waals surface area contributed by atoms with Crippen molar-refractivity contribution < 1.29 is 14.7 Å². The van der Waals surface area contributed by atoms with Crippen LogP contribution in [0.25, 0.3) is 0 Å². The zero-order valence-electron chi connectivity index (χ0n) is 10.4. The fourth-order valence-corrected chi connectivity index (χ4v) is 1.60. The Morgan fingerprint density at radius 3 is 2.56 bits per heavy atom. The molecule has 0 saturated heterocycles. The predicted octanol–water partition coefficient (Wildman–Crippen LogP) is 0.358. The Bertz CT molecular complexity index is 483. The van der Waals surface area contributed by atoms with Gasteiger partial charge in [-0.1, -0.05) is 0 Å². The van der Waals surface area contributed by atoms with Crippen LogP contribution in [0.3, 0.4) is 0 Å². The number of rotatable bonds is 4. The second-order valence-corrected chi connectivity index (χ2v) is 4.75. The molecule has 0 spiro atoms. The fraction of sp³-hybridized carbons (Fsp3) is 0.333. The molecule has 0 aromatic heterocycles. The van der Waals surface area contributed by atoms with Gasteiger partial charge in [0.1, 0.15) is 5.75 Å². The molecule has 0 heterocycles. The highest BCUT2D eigenvalue weighted by atomic mass is 16.3. The summed E-state index contributed by atoms with van der Waals surface area (Å²) in [7, 11) is 0. The van der Waals surface area contributed by atoms with Gasteiger partial charge in [0.15, 0.2) is 0 Å². The van der Waals surface area contributed by atoms with Crippen LogP contribution in [-0.4, -0.2) is 22.5 Å². The molecule has 0 saturated carbocycles. The lowest BCUT2D eigenvalue weighted by atomic mass is 9.99. The van der Waals surface area contributed by atoms with Crippen LogP contribution in [-0.2, 0) is 4.79 Å². The van der Waals surface area contributed by atoms with Crippen LogP contribution in [0, 0.1) is 0 Å². The standard InChI is InChI=1S/C12H17N3O3/c1-12(2,6-10(14)17)15-11(18)8-5-7(16)3-4-9(8)13/h3-5,16H,6,13H2,1-2H3,(H2,14,17)(H,15,18). The highest BCUT2D eigenvalue weighted by Crippen LogP contribution is 2.19. The molecule has 0 aliphatic rings. The van der Waals surface area contributed by atoms with E-state index in [0.717, 1.165) is 0 Å². The Balaban J connectivity index is 2.88. The summed E-state index contributed by atoms with van der Waals surface area (Å²) in [4.78, 5) is 22.8. The molecular formula is C12H17N3O3. The summed E-state index contributed by atoms with van der Waals surface area (Å²) in [5, 5.41) is 12.0. The van der Waals surface area contributed by atoms with E-state index in [0.29, 0.717) is 0 Å². The third-order valence-electron chi connectivity index (χ3n) is 2.35. The number of hydrogen-bond donors (Lipinski definition) is 4. The van der Waals surface area contributed by atoms with Crippen molar-refractivity contribution in [2.75, 3.05) is 5.73 Å². The molecule has 0 bridgehead atoms. The molecule has 6 N–H and O–H groups in total. The molecule has 0 fully saturated rings. The van der Waals surface area contributed by atoms with Gasteiger partial charge >= 0.3 is 0 Å². The smallest absolute Gasteiger partial charge is 0.253 e. The molecule has 0 aliphatic carbocycles. The van der Waals surface area contributed by atoms with Gasteiger partial charge < -0.3 is 21.9 Å². The number of carbonyl (C=O) groups excluding carboxylic acids is 2. The van der Waals surface area contributed by atoms with Gasteiger partial charge in [-0.25, -0.2) is 0 Å². The van der Waals surface area contributed by atoms with Crippen molar-refractivity contribution >= 4 is 17.5 Å². The molecule has 0 aliphatic heterocycles. The van der Waals surface area contributed by atoms with Crippen LogP contribution in [0.15, 0.2) is 18.2 Å². The lowest BCUT2D eigenvalue weighted by molar-refractivity contribution is -0.119. The molecule has 18 heavy (non-hydrogen) atoms. The first kappa shape index (κ1) is 13.8. The summed E-state index contributed by atoms with van der Waals surface area (Å²) in [5.41, 5.74) is 10.4. The summed E-state index contributed by atoms with van der Waals surface area (Å²) in [6.45, 7) is 3.35. The second kappa shape index (κ2) is 4.95. The molecule has 6 heteroatoms. The van der Waals surface area contributed by atoms with Gasteiger partial charge in [0.05, 0.1) is 5.56 Å².